The van der Waals surface area contributed by atoms with Crippen LogP contribution in [0.25, 0.3) is 0 Å². The van der Waals surface area contributed by atoms with Gasteiger partial charge in [0.1, 0.15) is 12.1 Å². The van der Waals surface area contributed by atoms with Crippen molar-refractivity contribution in [2.75, 3.05) is 43.1 Å². The molecule has 0 atom stereocenters. The van der Waals surface area contributed by atoms with Gasteiger partial charge in [0.2, 0.25) is 5.88 Å². The second-order valence-electron chi connectivity index (χ2n) is 8.54. The van der Waals surface area contributed by atoms with Crippen LogP contribution >= 0.6 is 0 Å². The minimum atomic E-state index is -4.48. The third-order valence-electron chi connectivity index (χ3n) is 6.04. The zero-order valence-electron chi connectivity index (χ0n) is 19.3. The highest BCUT2D eigenvalue weighted by Crippen LogP contribution is 2.34. The predicted molar refractivity (Wildman–Crippen MR) is 126 cm³/mol. The summed E-state index contributed by atoms with van der Waals surface area (Å²) in [6, 6.07) is 11.2. The smallest absolute Gasteiger partial charge is 0.416 e. The molecule has 0 aliphatic carbocycles. The number of ether oxygens (including phenoxy) is 2. The summed E-state index contributed by atoms with van der Waals surface area (Å²) in [5.74, 6) is 0.996. The second-order valence-corrected chi connectivity index (χ2v) is 8.54. The molecule has 0 spiro atoms. The van der Waals surface area contributed by atoms with E-state index in [1.807, 2.05) is 6.07 Å². The Bertz CT molecular complexity index is 1250. The predicted octanol–water partition coefficient (Wildman–Crippen LogP) is 4.71. The zero-order chi connectivity index (χ0) is 25.1. The summed E-state index contributed by atoms with van der Waals surface area (Å²) in [5, 5.41) is 2.56. The summed E-state index contributed by atoms with van der Waals surface area (Å²) < 4.78 is 50.3. The van der Waals surface area contributed by atoms with Gasteiger partial charge in [-0.1, -0.05) is 6.07 Å². The van der Waals surface area contributed by atoms with Gasteiger partial charge in [0.25, 0.3) is 0 Å². The molecule has 188 valence electrons. The Hall–Kier alpha value is -3.70. The molecular weight excluding hydrogens is 475 g/mol. The molecule has 3 aromatic rings. The Morgan fingerprint density at radius 2 is 1.89 bits per heavy atom. The summed E-state index contributed by atoms with van der Waals surface area (Å²) >= 11 is 0. The Morgan fingerprint density at radius 3 is 2.69 bits per heavy atom. The van der Waals surface area contributed by atoms with E-state index in [1.54, 1.807) is 18.2 Å². The summed E-state index contributed by atoms with van der Waals surface area (Å²) in [5.41, 5.74) is 1.69. The second kappa shape index (κ2) is 10.1. The fraction of sp³-hybridized carbons (Fsp3) is 0.320. The van der Waals surface area contributed by atoms with Crippen molar-refractivity contribution in [3.8, 4) is 11.6 Å². The van der Waals surface area contributed by atoms with Crippen LogP contribution in [0.2, 0.25) is 0 Å². The van der Waals surface area contributed by atoms with E-state index < -0.39 is 17.8 Å². The number of nitrogens with one attached hydrogen (secondary N) is 1. The van der Waals surface area contributed by atoms with Gasteiger partial charge < -0.3 is 14.8 Å². The number of morpholine rings is 1. The van der Waals surface area contributed by atoms with Crippen LogP contribution in [0.15, 0.2) is 54.9 Å². The van der Waals surface area contributed by atoms with E-state index in [1.165, 1.54) is 23.4 Å². The van der Waals surface area contributed by atoms with E-state index in [4.69, 9.17) is 9.47 Å². The largest absolute Gasteiger partial charge is 0.439 e. The third kappa shape index (κ3) is 5.58. The lowest BCUT2D eigenvalue weighted by Crippen LogP contribution is -2.35. The molecule has 0 bridgehead atoms. The number of carbonyl (C=O) groups is 1. The lowest BCUT2D eigenvalue weighted by atomic mass is 10.1. The topological polar surface area (TPSA) is 79.8 Å². The number of nitrogens with zero attached hydrogens (tertiary/aromatic N) is 4. The minimum absolute atomic E-state index is 0.0832. The summed E-state index contributed by atoms with van der Waals surface area (Å²) in [6.45, 7) is 4.20. The van der Waals surface area contributed by atoms with Crippen molar-refractivity contribution in [3.05, 3.63) is 71.7 Å². The first-order valence-corrected chi connectivity index (χ1v) is 11.5. The maximum absolute atomic E-state index is 13.0. The number of rotatable bonds is 5. The summed E-state index contributed by atoms with van der Waals surface area (Å²) in [6.07, 6.45) is -2.42. The molecule has 1 aromatic heterocycles. The average molecular weight is 499 g/mol. The number of fused-ring (bicyclic) bond motifs is 1. The molecular formula is C25H24F3N5O3. The van der Waals surface area contributed by atoms with E-state index in [2.05, 4.69) is 20.2 Å². The number of carbonyl (C=O) groups excluding carboxylic acids is 1. The number of hydrogen-bond donors (Lipinski definition) is 1. The average Bonchev–Trinajstić information content (AvgIpc) is 3.28. The monoisotopic (exact) mass is 499 g/mol. The first kappa shape index (κ1) is 24.0. The van der Waals surface area contributed by atoms with Crippen LogP contribution in [0.3, 0.4) is 0 Å². The molecule has 11 heteroatoms. The molecule has 8 nitrogen and oxygen atoms in total. The summed E-state index contributed by atoms with van der Waals surface area (Å²) in [7, 11) is 0. The summed E-state index contributed by atoms with van der Waals surface area (Å²) in [4.78, 5) is 25.1. The Kier molecular flexibility index (Phi) is 6.75. The van der Waals surface area contributed by atoms with Gasteiger partial charge in [-0.2, -0.15) is 13.2 Å². The van der Waals surface area contributed by atoms with Crippen molar-refractivity contribution in [2.45, 2.75) is 19.1 Å². The van der Waals surface area contributed by atoms with E-state index in [-0.39, 0.29) is 5.69 Å². The lowest BCUT2D eigenvalue weighted by molar-refractivity contribution is -0.137. The van der Waals surface area contributed by atoms with Gasteiger partial charge in [0.05, 0.1) is 24.5 Å². The van der Waals surface area contributed by atoms with Crippen molar-refractivity contribution < 1.29 is 27.4 Å². The molecule has 2 aliphatic rings. The standard InChI is InChI=1S/C25H24F3N5O3/c26-25(27,28)18-2-1-3-19(13-18)31-24(34)33-7-6-17-12-21(4-5-22(17)33)36-23-14-20(29-16-30-23)15-32-8-10-35-11-9-32/h1-5,12-14,16H,6-11,15H2,(H,31,34). The fourth-order valence-corrected chi connectivity index (χ4v) is 4.25. The van der Waals surface area contributed by atoms with E-state index in [0.29, 0.717) is 50.0 Å². The molecule has 5 rings (SSSR count). The van der Waals surface area contributed by atoms with Gasteiger partial charge in [-0.15, -0.1) is 0 Å². The van der Waals surface area contributed by atoms with Crippen LogP contribution in [0, 0.1) is 0 Å². The highest BCUT2D eigenvalue weighted by Gasteiger charge is 2.31. The molecule has 0 radical (unpaired) electrons. The van der Waals surface area contributed by atoms with Crippen LogP contribution in [-0.4, -0.2) is 53.7 Å². The highest BCUT2D eigenvalue weighted by molar-refractivity contribution is 6.03. The molecule has 2 aromatic carbocycles. The van der Waals surface area contributed by atoms with E-state index >= 15 is 0 Å². The van der Waals surface area contributed by atoms with Crippen LogP contribution < -0.4 is 15.0 Å². The normalized spacial score (nSPS) is 16.0. The number of aromatic nitrogens is 2. The minimum Gasteiger partial charge on any atom is -0.439 e. The lowest BCUT2D eigenvalue weighted by Gasteiger charge is -2.26. The highest BCUT2D eigenvalue weighted by atomic mass is 19.4. The van der Waals surface area contributed by atoms with Crippen LogP contribution in [-0.2, 0) is 23.9 Å². The fourth-order valence-electron chi connectivity index (χ4n) is 4.25. The Balaban J connectivity index is 1.24. The van der Waals surface area contributed by atoms with Gasteiger partial charge in [0, 0.05) is 43.6 Å². The van der Waals surface area contributed by atoms with Gasteiger partial charge >= 0.3 is 12.2 Å². The third-order valence-corrected chi connectivity index (χ3v) is 6.04. The first-order chi connectivity index (χ1) is 17.3. The van der Waals surface area contributed by atoms with Crippen molar-refractivity contribution in [3.63, 3.8) is 0 Å². The van der Waals surface area contributed by atoms with E-state index in [0.717, 1.165) is 36.5 Å². The van der Waals surface area contributed by atoms with Gasteiger partial charge in [0.15, 0.2) is 0 Å². The molecule has 1 fully saturated rings. The SMILES string of the molecule is O=C(Nc1cccc(C(F)(F)F)c1)N1CCc2cc(Oc3cc(CN4CCOCC4)ncn3)ccc21. The molecule has 2 aliphatic heterocycles. The first-order valence-electron chi connectivity index (χ1n) is 11.5. The van der Waals surface area contributed by atoms with Crippen LogP contribution in [0.1, 0.15) is 16.8 Å². The zero-order valence-corrected chi connectivity index (χ0v) is 19.3. The van der Waals surface area contributed by atoms with Crippen LogP contribution in [0.4, 0.5) is 29.3 Å². The molecule has 0 saturated carbocycles. The maximum atomic E-state index is 13.0. The Morgan fingerprint density at radius 1 is 1.06 bits per heavy atom. The molecule has 1 N–H and O–H groups in total. The number of hydrogen-bond acceptors (Lipinski definition) is 6. The van der Waals surface area contributed by atoms with Crippen molar-refractivity contribution in [2.24, 2.45) is 0 Å². The van der Waals surface area contributed by atoms with Crippen molar-refractivity contribution in [1.29, 1.82) is 0 Å². The number of urea groups is 1. The number of anilines is 2. The Labute approximate surface area is 205 Å². The van der Waals surface area contributed by atoms with Gasteiger partial charge in [-0.3, -0.25) is 9.80 Å². The number of halogens is 3. The van der Waals surface area contributed by atoms with Gasteiger partial charge in [-0.25, -0.2) is 14.8 Å². The van der Waals surface area contributed by atoms with Crippen molar-refractivity contribution in [1.82, 2.24) is 14.9 Å². The molecule has 2 amide bonds. The van der Waals surface area contributed by atoms with Crippen LogP contribution in [0.5, 0.6) is 11.6 Å². The maximum Gasteiger partial charge on any atom is 0.416 e. The molecule has 0 unspecified atom stereocenters. The number of amides is 2. The van der Waals surface area contributed by atoms with Gasteiger partial charge in [-0.05, 0) is 48.4 Å². The molecule has 1 saturated heterocycles. The molecule has 3 heterocycles. The molecule has 36 heavy (non-hydrogen) atoms. The van der Waals surface area contributed by atoms with Crippen molar-refractivity contribution >= 4 is 17.4 Å². The quantitative estimate of drug-likeness (QED) is 0.548. The number of alkyl halides is 3. The number of benzene rings is 2. The van der Waals surface area contributed by atoms with E-state index in [9.17, 15) is 18.0 Å².